The lowest BCUT2D eigenvalue weighted by molar-refractivity contribution is -0.136. The monoisotopic (exact) mass is 483 g/mol. The number of benzene rings is 2. The largest absolute Gasteiger partial charge is 0.426 e. The summed E-state index contributed by atoms with van der Waals surface area (Å²) in [5, 5.41) is 0. The summed E-state index contributed by atoms with van der Waals surface area (Å²) in [6.07, 6.45) is 3.66. The maximum Gasteiger partial charge on any atom is 0.311 e. The van der Waals surface area contributed by atoms with Gasteiger partial charge in [-0.15, -0.1) is 0 Å². The predicted molar refractivity (Wildman–Crippen MR) is 121 cm³/mol. The normalized spacial score (nSPS) is 17.4. The third-order valence-corrected chi connectivity index (χ3v) is 6.59. The molecule has 1 unspecified atom stereocenters. The lowest BCUT2D eigenvalue weighted by Crippen LogP contribution is -2.31. The summed E-state index contributed by atoms with van der Waals surface area (Å²) in [6, 6.07) is 8.34. The summed E-state index contributed by atoms with van der Waals surface area (Å²) in [7, 11) is 0. The van der Waals surface area contributed by atoms with E-state index in [1.807, 2.05) is 10.8 Å². The zero-order valence-corrected chi connectivity index (χ0v) is 19.0. The van der Waals surface area contributed by atoms with Gasteiger partial charge in [-0.3, -0.25) is 9.59 Å². The van der Waals surface area contributed by atoms with Crippen molar-refractivity contribution in [1.82, 2.24) is 14.5 Å². The van der Waals surface area contributed by atoms with Crippen LogP contribution in [0.2, 0.25) is 0 Å². The Kier molecular flexibility index (Phi) is 6.32. The van der Waals surface area contributed by atoms with Gasteiger partial charge in [0.2, 0.25) is 5.91 Å². The average molecular weight is 483 g/mol. The first-order valence-corrected chi connectivity index (χ1v) is 11.7. The van der Waals surface area contributed by atoms with E-state index in [2.05, 4.69) is 4.98 Å². The molecule has 182 valence electrons. The number of ether oxygens (including phenoxy) is 1. The number of amides is 1. The molecule has 5 rings (SSSR count). The highest BCUT2D eigenvalue weighted by molar-refractivity contribution is 5.77. The number of esters is 1. The minimum atomic E-state index is -0.998. The van der Waals surface area contributed by atoms with Crippen molar-refractivity contribution in [3.8, 4) is 17.0 Å². The van der Waals surface area contributed by atoms with Gasteiger partial charge in [0, 0.05) is 42.8 Å². The number of halogens is 3. The second-order valence-corrected chi connectivity index (χ2v) is 8.95. The molecule has 0 bridgehead atoms. The van der Waals surface area contributed by atoms with Crippen molar-refractivity contribution in [3.05, 3.63) is 71.4 Å². The zero-order valence-electron chi connectivity index (χ0n) is 19.0. The minimum absolute atomic E-state index is 0.0468. The first-order valence-electron chi connectivity index (χ1n) is 11.7. The van der Waals surface area contributed by atoms with Crippen LogP contribution in [0.25, 0.3) is 11.3 Å². The first-order chi connectivity index (χ1) is 16.9. The van der Waals surface area contributed by atoms with Crippen LogP contribution in [0.5, 0.6) is 5.75 Å². The van der Waals surface area contributed by atoms with Crippen LogP contribution in [0.3, 0.4) is 0 Å². The molecule has 35 heavy (non-hydrogen) atoms. The van der Waals surface area contributed by atoms with Crippen LogP contribution < -0.4 is 4.74 Å². The van der Waals surface area contributed by atoms with Crippen molar-refractivity contribution in [2.45, 2.75) is 51.1 Å². The number of hydrogen-bond donors (Lipinski definition) is 0. The number of nitrogens with zero attached hydrogens (tertiary/aromatic N) is 3. The molecule has 1 amide bonds. The van der Waals surface area contributed by atoms with Crippen LogP contribution in [0, 0.1) is 17.5 Å². The molecule has 0 saturated carbocycles. The number of fused-ring (bicyclic) bond motifs is 2. The molecule has 0 radical (unpaired) electrons. The van der Waals surface area contributed by atoms with E-state index < -0.39 is 23.5 Å². The molecule has 3 aromatic rings. The molecule has 0 N–H and O–H groups in total. The van der Waals surface area contributed by atoms with Gasteiger partial charge in [0.15, 0.2) is 11.6 Å². The molecule has 3 heterocycles. The SMILES string of the molecule is O=C1CC(CCCC(=O)N2CCCn3cc(-c4ccc(F)cc4)nc3C2)c2c(ccc(F)c2F)O1. The van der Waals surface area contributed by atoms with Crippen molar-refractivity contribution >= 4 is 11.9 Å². The van der Waals surface area contributed by atoms with E-state index >= 15 is 0 Å². The summed E-state index contributed by atoms with van der Waals surface area (Å²) in [5.41, 5.74) is 1.60. The van der Waals surface area contributed by atoms with Gasteiger partial charge in [0.25, 0.3) is 0 Å². The van der Waals surface area contributed by atoms with Crippen molar-refractivity contribution in [1.29, 1.82) is 0 Å². The average Bonchev–Trinajstić information content (AvgIpc) is 3.12. The third-order valence-electron chi connectivity index (χ3n) is 6.59. The highest BCUT2D eigenvalue weighted by atomic mass is 19.2. The minimum Gasteiger partial charge on any atom is -0.426 e. The third kappa shape index (κ3) is 4.80. The molecule has 1 aromatic heterocycles. The summed E-state index contributed by atoms with van der Waals surface area (Å²) < 4.78 is 48.5. The van der Waals surface area contributed by atoms with Gasteiger partial charge < -0.3 is 14.2 Å². The second kappa shape index (κ2) is 9.56. The molecular formula is C26H24F3N3O3. The number of carbonyl (C=O) groups is 2. The molecule has 1 atom stereocenters. The first kappa shape index (κ1) is 23.1. The van der Waals surface area contributed by atoms with E-state index in [9.17, 15) is 22.8 Å². The lowest BCUT2D eigenvalue weighted by Gasteiger charge is -2.25. The van der Waals surface area contributed by atoms with E-state index in [4.69, 9.17) is 4.74 Å². The van der Waals surface area contributed by atoms with Gasteiger partial charge in [0.1, 0.15) is 17.4 Å². The second-order valence-electron chi connectivity index (χ2n) is 8.95. The summed E-state index contributed by atoms with van der Waals surface area (Å²) in [5.74, 6) is -2.56. The quantitative estimate of drug-likeness (QED) is 0.380. The Labute approximate surface area is 200 Å². The number of imidazole rings is 1. The Morgan fingerprint density at radius 2 is 1.89 bits per heavy atom. The fourth-order valence-electron chi connectivity index (χ4n) is 4.82. The van der Waals surface area contributed by atoms with Gasteiger partial charge in [0.05, 0.1) is 18.7 Å². The molecule has 0 saturated heterocycles. The highest BCUT2D eigenvalue weighted by Gasteiger charge is 2.31. The maximum absolute atomic E-state index is 14.4. The van der Waals surface area contributed by atoms with Crippen LogP contribution in [0.15, 0.2) is 42.6 Å². The molecule has 2 aliphatic heterocycles. The Hall–Kier alpha value is -3.62. The van der Waals surface area contributed by atoms with Gasteiger partial charge in [-0.25, -0.2) is 18.2 Å². The topological polar surface area (TPSA) is 64.4 Å². The molecule has 0 fully saturated rings. The van der Waals surface area contributed by atoms with Crippen LogP contribution in [-0.2, 0) is 22.7 Å². The van der Waals surface area contributed by atoms with Crippen molar-refractivity contribution in [2.75, 3.05) is 6.54 Å². The number of hydrogen-bond acceptors (Lipinski definition) is 4. The van der Waals surface area contributed by atoms with Crippen LogP contribution in [0.4, 0.5) is 13.2 Å². The fourth-order valence-corrected chi connectivity index (χ4v) is 4.82. The van der Waals surface area contributed by atoms with Crippen molar-refractivity contribution in [3.63, 3.8) is 0 Å². The van der Waals surface area contributed by atoms with Crippen LogP contribution in [0.1, 0.15) is 49.4 Å². The Balaban J connectivity index is 1.23. The van der Waals surface area contributed by atoms with E-state index in [-0.39, 0.29) is 35.9 Å². The fraction of sp³-hybridized carbons (Fsp3) is 0.346. The van der Waals surface area contributed by atoms with Gasteiger partial charge >= 0.3 is 5.97 Å². The Morgan fingerprint density at radius 1 is 1.09 bits per heavy atom. The van der Waals surface area contributed by atoms with E-state index in [0.29, 0.717) is 25.9 Å². The van der Waals surface area contributed by atoms with Crippen LogP contribution >= 0.6 is 0 Å². The number of rotatable bonds is 5. The number of aromatic nitrogens is 2. The lowest BCUT2D eigenvalue weighted by atomic mass is 9.87. The highest BCUT2D eigenvalue weighted by Crippen LogP contribution is 2.39. The van der Waals surface area contributed by atoms with E-state index in [0.717, 1.165) is 36.1 Å². The molecule has 2 aliphatic rings. The molecular weight excluding hydrogens is 459 g/mol. The molecule has 9 heteroatoms. The summed E-state index contributed by atoms with van der Waals surface area (Å²) in [6.45, 7) is 1.67. The molecule has 2 aromatic carbocycles. The van der Waals surface area contributed by atoms with Crippen molar-refractivity contribution < 1.29 is 27.5 Å². The van der Waals surface area contributed by atoms with E-state index in [1.165, 1.54) is 18.2 Å². The molecule has 0 aliphatic carbocycles. The standard InChI is InChI=1S/C26H24F3N3O3/c27-18-7-5-16(6-8-18)20-14-31-11-2-12-32(15-22(31)30-20)23(33)4-1-3-17-13-24(34)35-21-10-9-19(28)26(29)25(17)21/h5-10,14,17H,1-4,11-13,15H2. The smallest absolute Gasteiger partial charge is 0.311 e. The van der Waals surface area contributed by atoms with E-state index in [1.54, 1.807) is 17.0 Å². The molecule has 0 spiro atoms. The van der Waals surface area contributed by atoms with Gasteiger partial charge in [-0.2, -0.15) is 0 Å². The van der Waals surface area contributed by atoms with Gasteiger partial charge in [-0.05, 0) is 55.7 Å². The maximum atomic E-state index is 14.4. The Bertz CT molecular complexity index is 1270. The van der Waals surface area contributed by atoms with Crippen molar-refractivity contribution in [2.24, 2.45) is 0 Å². The Morgan fingerprint density at radius 3 is 2.69 bits per heavy atom. The summed E-state index contributed by atoms with van der Waals surface area (Å²) >= 11 is 0. The zero-order chi connectivity index (χ0) is 24.5. The van der Waals surface area contributed by atoms with Gasteiger partial charge in [-0.1, -0.05) is 0 Å². The summed E-state index contributed by atoms with van der Waals surface area (Å²) in [4.78, 5) is 31.3. The predicted octanol–water partition coefficient (Wildman–Crippen LogP) is 4.96. The number of aryl methyl sites for hydroxylation is 1. The van der Waals surface area contributed by atoms with Crippen LogP contribution in [-0.4, -0.2) is 32.9 Å². The number of carbonyl (C=O) groups excluding carboxylic acids is 2. The molecule has 6 nitrogen and oxygen atoms in total.